The van der Waals surface area contributed by atoms with Gasteiger partial charge in [0.1, 0.15) is 0 Å². The molecule has 0 aromatic heterocycles. The monoisotopic (exact) mass is 204 g/mol. The van der Waals surface area contributed by atoms with Crippen molar-refractivity contribution < 1.29 is 0 Å². The molecule has 1 N–H and O–H groups in total. The molecule has 0 amide bonds. The van der Waals surface area contributed by atoms with Crippen LogP contribution >= 0.6 is 0 Å². The van der Waals surface area contributed by atoms with Crippen molar-refractivity contribution in [2.75, 3.05) is 13.6 Å². The van der Waals surface area contributed by atoms with E-state index in [0.29, 0.717) is 12.1 Å². The maximum atomic E-state index is 3.49. The van der Waals surface area contributed by atoms with Crippen molar-refractivity contribution in [3.63, 3.8) is 0 Å². The average molecular weight is 204 g/mol. The van der Waals surface area contributed by atoms with Gasteiger partial charge < -0.3 is 5.32 Å². The lowest BCUT2D eigenvalue weighted by molar-refractivity contribution is 0.184. The third-order valence-electron chi connectivity index (χ3n) is 3.37. The Bertz CT molecular complexity index is 333. The summed E-state index contributed by atoms with van der Waals surface area (Å²) in [7, 11) is 2.21. The molecule has 0 saturated heterocycles. The second-order valence-corrected chi connectivity index (χ2v) is 4.60. The van der Waals surface area contributed by atoms with Crippen molar-refractivity contribution in [3.05, 3.63) is 35.4 Å². The second-order valence-electron chi connectivity index (χ2n) is 4.60. The summed E-state index contributed by atoms with van der Waals surface area (Å²) in [6.45, 7) is 6.57. The molecule has 1 aliphatic rings. The normalized spacial score (nSPS) is 20.7. The Kier molecular flexibility index (Phi) is 3.08. The van der Waals surface area contributed by atoms with Crippen LogP contribution < -0.4 is 5.32 Å². The molecule has 2 nitrogen and oxygen atoms in total. The minimum absolute atomic E-state index is 0.523. The van der Waals surface area contributed by atoms with Crippen molar-refractivity contribution in [1.29, 1.82) is 0 Å². The zero-order valence-electron chi connectivity index (χ0n) is 9.83. The summed E-state index contributed by atoms with van der Waals surface area (Å²) in [5.41, 5.74) is 2.94. The van der Waals surface area contributed by atoms with E-state index in [0.717, 1.165) is 13.1 Å². The summed E-state index contributed by atoms with van der Waals surface area (Å²) in [6.07, 6.45) is 0. The van der Waals surface area contributed by atoms with E-state index >= 15 is 0 Å². The van der Waals surface area contributed by atoms with Crippen LogP contribution in [-0.4, -0.2) is 24.5 Å². The van der Waals surface area contributed by atoms with Gasteiger partial charge in [-0.05, 0) is 32.0 Å². The number of hydrogen-bond donors (Lipinski definition) is 1. The number of fused-ring (bicyclic) bond motifs is 1. The van der Waals surface area contributed by atoms with Crippen molar-refractivity contribution in [1.82, 2.24) is 10.2 Å². The molecule has 0 fully saturated rings. The molecule has 0 saturated carbocycles. The molecule has 0 aliphatic carbocycles. The predicted octanol–water partition coefficient (Wildman–Crippen LogP) is 2.17. The van der Waals surface area contributed by atoms with Crippen LogP contribution in [0.3, 0.4) is 0 Å². The predicted molar refractivity (Wildman–Crippen MR) is 63.8 cm³/mol. The number of benzene rings is 1. The first kappa shape index (κ1) is 10.7. The van der Waals surface area contributed by atoms with Crippen LogP contribution in [0.1, 0.15) is 31.0 Å². The second kappa shape index (κ2) is 4.33. The SMILES string of the molecule is CC(C)N(C)C1CNCc2ccccc21. The fraction of sp³-hybridized carbons (Fsp3) is 0.538. The van der Waals surface area contributed by atoms with E-state index in [9.17, 15) is 0 Å². The molecule has 2 heteroatoms. The zero-order chi connectivity index (χ0) is 10.8. The molecule has 15 heavy (non-hydrogen) atoms. The number of likely N-dealkylation sites (N-methyl/N-ethyl adjacent to an activating group) is 1. The maximum absolute atomic E-state index is 3.49. The first-order chi connectivity index (χ1) is 7.20. The molecule has 82 valence electrons. The Hall–Kier alpha value is -0.860. The van der Waals surface area contributed by atoms with Crippen molar-refractivity contribution in [2.45, 2.75) is 32.5 Å². The summed E-state index contributed by atoms with van der Waals surface area (Å²) in [4.78, 5) is 2.44. The molecule has 0 spiro atoms. The molecule has 2 rings (SSSR count). The van der Waals surface area contributed by atoms with E-state index in [4.69, 9.17) is 0 Å². The summed E-state index contributed by atoms with van der Waals surface area (Å²) in [5.74, 6) is 0. The van der Waals surface area contributed by atoms with Gasteiger partial charge in [-0.2, -0.15) is 0 Å². The molecule has 0 radical (unpaired) electrons. The highest BCUT2D eigenvalue weighted by Crippen LogP contribution is 2.27. The fourth-order valence-electron chi connectivity index (χ4n) is 2.20. The Morgan fingerprint density at radius 3 is 2.80 bits per heavy atom. The van der Waals surface area contributed by atoms with Gasteiger partial charge in [0.15, 0.2) is 0 Å². The molecule has 1 heterocycles. The molecular formula is C13H20N2. The molecule has 1 atom stereocenters. The van der Waals surface area contributed by atoms with Crippen molar-refractivity contribution in [3.8, 4) is 0 Å². The van der Waals surface area contributed by atoms with E-state index < -0.39 is 0 Å². The number of nitrogens with one attached hydrogen (secondary N) is 1. The highest BCUT2D eigenvalue weighted by atomic mass is 15.2. The van der Waals surface area contributed by atoms with E-state index in [1.165, 1.54) is 11.1 Å². The Labute approximate surface area is 92.3 Å². The van der Waals surface area contributed by atoms with Crippen LogP contribution in [0, 0.1) is 0 Å². The van der Waals surface area contributed by atoms with Gasteiger partial charge >= 0.3 is 0 Å². The highest BCUT2D eigenvalue weighted by Gasteiger charge is 2.24. The lowest BCUT2D eigenvalue weighted by Crippen LogP contribution is -2.40. The molecular weight excluding hydrogens is 184 g/mol. The largest absolute Gasteiger partial charge is 0.311 e. The smallest absolute Gasteiger partial charge is 0.0475 e. The first-order valence-electron chi connectivity index (χ1n) is 5.70. The van der Waals surface area contributed by atoms with Crippen LogP contribution in [0.5, 0.6) is 0 Å². The summed E-state index contributed by atoms with van der Waals surface area (Å²) >= 11 is 0. The van der Waals surface area contributed by atoms with Crippen LogP contribution in [0.4, 0.5) is 0 Å². The van der Waals surface area contributed by atoms with Gasteiger partial charge in [0.2, 0.25) is 0 Å². The molecule has 0 bridgehead atoms. The topological polar surface area (TPSA) is 15.3 Å². The summed E-state index contributed by atoms with van der Waals surface area (Å²) < 4.78 is 0. The molecule has 1 unspecified atom stereocenters. The van der Waals surface area contributed by atoms with E-state index in [-0.39, 0.29) is 0 Å². The Morgan fingerprint density at radius 2 is 2.07 bits per heavy atom. The fourth-order valence-corrected chi connectivity index (χ4v) is 2.20. The highest BCUT2D eigenvalue weighted by molar-refractivity contribution is 5.32. The molecule has 1 aliphatic heterocycles. The first-order valence-corrected chi connectivity index (χ1v) is 5.70. The average Bonchev–Trinajstić information content (AvgIpc) is 2.27. The van der Waals surface area contributed by atoms with E-state index in [1.807, 2.05) is 0 Å². The van der Waals surface area contributed by atoms with Gasteiger partial charge in [-0.25, -0.2) is 0 Å². The lowest BCUT2D eigenvalue weighted by Gasteiger charge is -2.36. The quantitative estimate of drug-likeness (QED) is 0.794. The van der Waals surface area contributed by atoms with Crippen molar-refractivity contribution >= 4 is 0 Å². The summed E-state index contributed by atoms with van der Waals surface area (Å²) in [6, 6.07) is 9.87. The van der Waals surface area contributed by atoms with Crippen molar-refractivity contribution in [2.24, 2.45) is 0 Å². The maximum Gasteiger partial charge on any atom is 0.0475 e. The van der Waals surface area contributed by atoms with Crippen LogP contribution in [0.25, 0.3) is 0 Å². The standard InChI is InChI=1S/C13H20N2/c1-10(2)15(3)13-9-14-8-11-6-4-5-7-12(11)13/h4-7,10,13-14H,8-9H2,1-3H3. The van der Waals surface area contributed by atoms with Crippen LogP contribution in [-0.2, 0) is 6.54 Å². The number of rotatable bonds is 2. The minimum atomic E-state index is 0.523. The Balaban J connectivity index is 2.29. The van der Waals surface area contributed by atoms with Crippen LogP contribution in [0.15, 0.2) is 24.3 Å². The van der Waals surface area contributed by atoms with Crippen LogP contribution in [0.2, 0.25) is 0 Å². The van der Waals surface area contributed by atoms with Gasteiger partial charge in [0.05, 0.1) is 0 Å². The third-order valence-corrected chi connectivity index (χ3v) is 3.37. The third kappa shape index (κ3) is 2.06. The van der Waals surface area contributed by atoms with Gasteiger partial charge in [-0.1, -0.05) is 24.3 Å². The summed E-state index contributed by atoms with van der Waals surface area (Å²) in [5, 5.41) is 3.49. The number of nitrogens with zero attached hydrogens (tertiary/aromatic N) is 1. The molecule has 1 aromatic carbocycles. The Morgan fingerprint density at radius 1 is 1.33 bits per heavy atom. The minimum Gasteiger partial charge on any atom is -0.311 e. The van der Waals surface area contributed by atoms with E-state index in [2.05, 4.69) is 55.4 Å². The lowest BCUT2D eigenvalue weighted by atomic mass is 9.95. The number of hydrogen-bond acceptors (Lipinski definition) is 2. The molecule has 1 aromatic rings. The van der Waals surface area contributed by atoms with Gasteiger partial charge in [0.25, 0.3) is 0 Å². The van der Waals surface area contributed by atoms with Gasteiger partial charge in [-0.3, -0.25) is 4.90 Å². The van der Waals surface area contributed by atoms with Gasteiger partial charge in [0, 0.05) is 25.2 Å². The van der Waals surface area contributed by atoms with Gasteiger partial charge in [-0.15, -0.1) is 0 Å². The zero-order valence-corrected chi connectivity index (χ0v) is 9.83. The van der Waals surface area contributed by atoms with E-state index in [1.54, 1.807) is 0 Å².